The number of halogens is 2. The molecule has 4 aliphatic carbocycles. The molecule has 2 aromatic rings. The summed E-state index contributed by atoms with van der Waals surface area (Å²) in [7, 11) is 0.404. The first-order chi connectivity index (χ1) is 20.9. The molecule has 0 radical (unpaired) electrons. The molecule has 2 nitrogen and oxygen atoms in total. The SMILES string of the molecule is CCc1cc2c(-c3ccc(Cl)cc3)ccccc-2c1[Si](OC)(OC)c1c(CC)cc2c(-c3ccc(Cl)cc3)ccccc1-2. The first-order valence-corrected chi connectivity index (χ1v) is 17.2. The van der Waals surface area contributed by atoms with Gasteiger partial charge in [-0.25, -0.2) is 0 Å². The number of aryl methyl sites for hydroxylation is 2. The lowest BCUT2D eigenvalue weighted by atomic mass is 10.0. The van der Waals surface area contributed by atoms with Crippen molar-refractivity contribution in [2.45, 2.75) is 26.7 Å². The van der Waals surface area contributed by atoms with Crippen molar-refractivity contribution in [1.29, 1.82) is 0 Å². The van der Waals surface area contributed by atoms with Crippen molar-refractivity contribution >= 4 is 42.1 Å². The maximum absolute atomic E-state index is 6.74. The summed E-state index contributed by atoms with van der Waals surface area (Å²) < 4.78 is 13.5. The Morgan fingerprint density at radius 1 is 0.488 bits per heavy atom. The van der Waals surface area contributed by atoms with Crippen LogP contribution in [0.4, 0.5) is 0 Å². The smallest absolute Gasteiger partial charge is 0.391 e. The lowest BCUT2D eigenvalue weighted by Crippen LogP contribution is -2.64. The Bertz CT molecular complexity index is 1690. The predicted octanol–water partition coefficient (Wildman–Crippen LogP) is 9.51. The Balaban J connectivity index is 1.63. The molecule has 0 N–H and O–H groups in total. The van der Waals surface area contributed by atoms with Gasteiger partial charge in [0, 0.05) is 34.6 Å². The molecule has 0 amide bonds. The van der Waals surface area contributed by atoms with Gasteiger partial charge in [0.25, 0.3) is 0 Å². The van der Waals surface area contributed by atoms with Crippen LogP contribution in [0.2, 0.25) is 10.0 Å². The summed E-state index contributed by atoms with van der Waals surface area (Å²) in [4.78, 5) is 0. The molecule has 0 heterocycles. The molecule has 0 saturated carbocycles. The van der Waals surface area contributed by atoms with Gasteiger partial charge in [-0.2, -0.15) is 0 Å². The van der Waals surface area contributed by atoms with Crippen LogP contribution in [-0.4, -0.2) is 22.8 Å². The average molecular weight is 622 g/mol. The van der Waals surface area contributed by atoms with Gasteiger partial charge in [0.05, 0.1) is 0 Å². The molecular weight excluding hydrogens is 587 g/mol. The molecule has 4 aliphatic rings. The van der Waals surface area contributed by atoms with E-state index in [9.17, 15) is 0 Å². The van der Waals surface area contributed by atoms with Crippen molar-refractivity contribution in [2.24, 2.45) is 0 Å². The van der Waals surface area contributed by atoms with Gasteiger partial charge in [-0.15, -0.1) is 0 Å². The minimum atomic E-state index is -3.23. The lowest BCUT2D eigenvalue weighted by molar-refractivity contribution is 0.272. The fourth-order valence-corrected chi connectivity index (χ4v) is 10.5. The molecular formula is C38H34Cl2O2Si. The fraction of sp³-hybridized carbons (Fsp3) is 0.158. The summed E-state index contributed by atoms with van der Waals surface area (Å²) in [6, 6.07) is 38.1. The quantitative estimate of drug-likeness (QED) is 0.158. The Morgan fingerprint density at radius 2 is 0.837 bits per heavy atom. The Morgan fingerprint density at radius 3 is 1.16 bits per heavy atom. The second kappa shape index (κ2) is 12.3. The van der Waals surface area contributed by atoms with Crippen molar-refractivity contribution in [3.8, 4) is 44.5 Å². The topological polar surface area (TPSA) is 18.5 Å². The summed E-state index contributed by atoms with van der Waals surface area (Å²) in [6.45, 7) is 4.43. The molecule has 2 aromatic carbocycles. The van der Waals surface area contributed by atoms with E-state index in [1.807, 2.05) is 38.5 Å². The van der Waals surface area contributed by atoms with E-state index in [-0.39, 0.29) is 0 Å². The number of fused-ring (bicyclic) bond motifs is 2. The molecule has 0 atom stereocenters. The number of benzene rings is 2. The molecule has 0 fully saturated rings. The van der Waals surface area contributed by atoms with E-state index < -0.39 is 8.56 Å². The van der Waals surface area contributed by atoms with Gasteiger partial charge >= 0.3 is 8.56 Å². The van der Waals surface area contributed by atoms with Crippen LogP contribution in [-0.2, 0) is 21.7 Å². The van der Waals surface area contributed by atoms with Gasteiger partial charge in [0.2, 0.25) is 0 Å². The van der Waals surface area contributed by atoms with Gasteiger partial charge in [-0.3, -0.25) is 0 Å². The highest BCUT2D eigenvalue weighted by Crippen LogP contribution is 2.40. The molecule has 5 heteroatoms. The van der Waals surface area contributed by atoms with Crippen molar-refractivity contribution in [1.82, 2.24) is 0 Å². The van der Waals surface area contributed by atoms with Crippen molar-refractivity contribution < 1.29 is 8.85 Å². The highest BCUT2D eigenvalue weighted by atomic mass is 35.5. The molecule has 43 heavy (non-hydrogen) atoms. The number of hydrogen-bond acceptors (Lipinski definition) is 2. The van der Waals surface area contributed by atoms with Crippen molar-refractivity contribution in [3.05, 3.63) is 130 Å². The van der Waals surface area contributed by atoms with Crippen LogP contribution in [0.3, 0.4) is 0 Å². The van der Waals surface area contributed by atoms with Gasteiger partial charge in [-0.05, 0) is 92.7 Å². The molecule has 0 aliphatic heterocycles. The molecule has 6 rings (SSSR count). The molecule has 0 unspecified atom stereocenters. The summed E-state index contributed by atoms with van der Waals surface area (Å²) in [5, 5.41) is 3.82. The lowest BCUT2D eigenvalue weighted by Gasteiger charge is -2.31. The predicted molar refractivity (Wildman–Crippen MR) is 185 cm³/mol. The minimum Gasteiger partial charge on any atom is -0.391 e. The zero-order chi connectivity index (χ0) is 30.1. The average Bonchev–Trinajstić information content (AvgIpc) is 3.42. The van der Waals surface area contributed by atoms with Crippen LogP contribution in [0.5, 0.6) is 0 Å². The highest BCUT2D eigenvalue weighted by Gasteiger charge is 2.49. The molecule has 0 saturated heterocycles. The standard InChI is InChI=1S/C38H34Cl2O2Si/c1-5-25-23-35-31(27-15-19-29(39)20-16-27)11-7-9-13-33(35)37(25)43(41-3,42-4)38-26(6-2)24-36-32(12-8-10-14-34(36)38)28-17-21-30(40)22-18-28/h7-24H,5-6H2,1-4H3. The van der Waals surface area contributed by atoms with Gasteiger partial charge in [-0.1, -0.05) is 122 Å². The maximum atomic E-state index is 6.74. The number of rotatable bonds is 8. The normalized spacial score (nSPS) is 11.9. The Labute approximate surface area is 265 Å². The van der Waals surface area contributed by atoms with Crippen molar-refractivity contribution in [2.75, 3.05) is 14.2 Å². The van der Waals surface area contributed by atoms with E-state index >= 15 is 0 Å². The minimum absolute atomic E-state index is 0.726. The van der Waals surface area contributed by atoms with Crippen LogP contribution in [0.25, 0.3) is 44.5 Å². The van der Waals surface area contributed by atoms with E-state index in [0.29, 0.717) is 0 Å². The van der Waals surface area contributed by atoms with Crippen LogP contribution >= 0.6 is 23.2 Å². The first kappa shape index (κ1) is 29.6. The molecule has 0 bridgehead atoms. The maximum Gasteiger partial charge on any atom is 0.408 e. The van der Waals surface area contributed by atoms with Crippen LogP contribution in [0.1, 0.15) is 25.0 Å². The van der Waals surface area contributed by atoms with Crippen LogP contribution in [0.15, 0.2) is 109 Å². The first-order valence-electron chi connectivity index (χ1n) is 14.7. The summed E-state index contributed by atoms with van der Waals surface area (Å²) >= 11 is 12.5. The summed E-state index contributed by atoms with van der Waals surface area (Å²) in [6.07, 6.45) is 1.72. The second-order valence-electron chi connectivity index (χ2n) is 10.8. The van der Waals surface area contributed by atoms with Gasteiger partial charge < -0.3 is 8.85 Å². The van der Waals surface area contributed by atoms with Gasteiger partial charge in [0.15, 0.2) is 0 Å². The summed E-state index contributed by atoms with van der Waals surface area (Å²) in [5.41, 5.74) is 11.8. The Kier molecular flexibility index (Phi) is 8.46. The van der Waals surface area contributed by atoms with Crippen molar-refractivity contribution in [3.63, 3.8) is 0 Å². The third kappa shape index (κ3) is 5.10. The van der Waals surface area contributed by atoms with Crippen LogP contribution in [0, 0.1) is 0 Å². The largest absolute Gasteiger partial charge is 0.408 e. The molecule has 0 spiro atoms. The van der Waals surface area contributed by atoms with E-state index in [0.717, 1.165) is 56.3 Å². The molecule has 216 valence electrons. The number of hydrogen-bond donors (Lipinski definition) is 0. The monoisotopic (exact) mass is 620 g/mol. The van der Waals surface area contributed by atoms with E-state index in [1.165, 1.54) is 32.6 Å². The fourth-order valence-electron chi connectivity index (χ4n) is 6.56. The Hall–Kier alpha value is -3.44. The summed E-state index contributed by atoms with van der Waals surface area (Å²) in [5.74, 6) is 0. The van der Waals surface area contributed by atoms with E-state index in [4.69, 9.17) is 32.1 Å². The zero-order valence-electron chi connectivity index (χ0n) is 24.9. The van der Waals surface area contributed by atoms with Gasteiger partial charge in [0.1, 0.15) is 0 Å². The van der Waals surface area contributed by atoms with Crippen LogP contribution < -0.4 is 10.4 Å². The second-order valence-corrected chi connectivity index (χ2v) is 14.7. The van der Waals surface area contributed by atoms with E-state index in [1.54, 1.807) is 0 Å². The third-order valence-corrected chi connectivity index (χ3v) is 12.7. The van der Waals surface area contributed by atoms with E-state index in [2.05, 4.69) is 98.8 Å². The molecule has 0 aromatic heterocycles. The highest BCUT2D eigenvalue weighted by molar-refractivity contribution is 6.95. The third-order valence-electron chi connectivity index (χ3n) is 8.56. The zero-order valence-corrected chi connectivity index (χ0v) is 27.4.